The average Bonchev–Trinajstić information content (AvgIpc) is 1.97. The largest absolute Gasteiger partial charge is 0.103 e. The van der Waals surface area contributed by atoms with Crippen molar-refractivity contribution < 1.29 is 0 Å². The van der Waals surface area contributed by atoms with Gasteiger partial charge in [0.1, 0.15) is 0 Å². The smallest absolute Gasteiger partial charge is 0.00300 e. The zero-order valence-electron chi connectivity index (χ0n) is 6.57. The van der Waals surface area contributed by atoms with E-state index in [1.54, 1.807) is 0 Å². The predicted octanol–water partition coefficient (Wildman–Crippen LogP) is 3.72. The van der Waals surface area contributed by atoms with Gasteiger partial charge >= 0.3 is 0 Å². The van der Waals surface area contributed by atoms with Gasteiger partial charge in [0.05, 0.1) is 0 Å². The first kappa shape index (κ1) is 10.2. The molecular weight excluding hydrogens is 235 g/mol. The molecular formula is C9H15I. The van der Waals surface area contributed by atoms with Gasteiger partial charge in [-0.3, -0.25) is 0 Å². The van der Waals surface area contributed by atoms with Crippen molar-refractivity contribution in [2.45, 2.75) is 26.2 Å². The third kappa shape index (κ3) is 6.33. The molecule has 0 aromatic rings. The molecule has 0 bridgehead atoms. The number of rotatable bonds is 5. The molecule has 0 aromatic carbocycles. The van der Waals surface area contributed by atoms with Crippen LogP contribution in [0.4, 0.5) is 0 Å². The van der Waals surface area contributed by atoms with Gasteiger partial charge in [0, 0.05) is 4.43 Å². The first-order valence-electron chi connectivity index (χ1n) is 3.63. The lowest BCUT2D eigenvalue weighted by atomic mass is 10.1. The summed E-state index contributed by atoms with van der Waals surface area (Å²) in [6.45, 7) is 5.87. The number of hydrogen-bond acceptors (Lipinski definition) is 0. The Morgan fingerprint density at radius 1 is 1.50 bits per heavy atom. The summed E-state index contributed by atoms with van der Waals surface area (Å²) in [6, 6.07) is 0. The Kier molecular flexibility index (Phi) is 7.47. The highest BCUT2D eigenvalue weighted by Gasteiger charge is 1.85. The zero-order chi connectivity index (χ0) is 7.82. The van der Waals surface area contributed by atoms with E-state index in [0.717, 1.165) is 6.42 Å². The summed E-state index contributed by atoms with van der Waals surface area (Å²) in [6.07, 6.45) is 7.80. The van der Waals surface area contributed by atoms with Crippen LogP contribution in [0.2, 0.25) is 0 Å². The molecule has 0 nitrogen and oxygen atoms in total. The van der Waals surface area contributed by atoms with Gasteiger partial charge in [-0.2, -0.15) is 0 Å². The molecule has 0 aliphatic rings. The highest BCUT2D eigenvalue weighted by Crippen LogP contribution is 2.05. The summed E-state index contributed by atoms with van der Waals surface area (Å²) < 4.78 is 1.23. The molecule has 1 heteroatoms. The molecule has 0 aliphatic carbocycles. The van der Waals surface area contributed by atoms with Crippen LogP contribution in [0.15, 0.2) is 24.3 Å². The third-order valence-corrected chi connectivity index (χ3v) is 1.97. The summed E-state index contributed by atoms with van der Waals surface area (Å²) in [5, 5.41) is 0. The van der Waals surface area contributed by atoms with Gasteiger partial charge in [0.2, 0.25) is 0 Å². The third-order valence-electron chi connectivity index (χ3n) is 1.34. The van der Waals surface area contributed by atoms with E-state index in [9.17, 15) is 0 Å². The maximum absolute atomic E-state index is 3.68. The van der Waals surface area contributed by atoms with Crippen LogP contribution in [0.1, 0.15) is 26.2 Å². The van der Waals surface area contributed by atoms with Gasteiger partial charge < -0.3 is 0 Å². The molecule has 58 valence electrons. The summed E-state index contributed by atoms with van der Waals surface area (Å²) in [5.74, 6) is 0. The Balaban J connectivity index is 3.38. The molecule has 0 unspecified atom stereocenters. The van der Waals surface area contributed by atoms with Crippen molar-refractivity contribution in [2.75, 3.05) is 4.43 Å². The average molecular weight is 250 g/mol. The van der Waals surface area contributed by atoms with E-state index in [-0.39, 0.29) is 0 Å². The molecule has 0 heterocycles. The van der Waals surface area contributed by atoms with Crippen LogP contribution in [-0.2, 0) is 0 Å². The monoisotopic (exact) mass is 250 g/mol. The summed E-state index contributed by atoms with van der Waals surface area (Å²) in [7, 11) is 0. The molecule has 0 fully saturated rings. The number of halogens is 1. The fourth-order valence-corrected chi connectivity index (χ4v) is 1.04. The van der Waals surface area contributed by atoms with Gasteiger partial charge in [-0.1, -0.05) is 40.3 Å². The summed E-state index contributed by atoms with van der Waals surface area (Å²) in [4.78, 5) is 0. The summed E-state index contributed by atoms with van der Waals surface area (Å²) >= 11 is 2.39. The first-order chi connectivity index (χ1) is 4.81. The predicted molar refractivity (Wildman–Crippen MR) is 56.7 cm³/mol. The summed E-state index contributed by atoms with van der Waals surface area (Å²) in [5.41, 5.74) is 1.50. The van der Waals surface area contributed by atoms with E-state index >= 15 is 0 Å². The molecule has 0 aromatic heterocycles. The van der Waals surface area contributed by atoms with Gasteiger partial charge in [0.15, 0.2) is 0 Å². The van der Waals surface area contributed by atoms with Crippen molar-refractivity contribution in [3.8, 4) is 0 Å². The van der Waals surface area contributed by atoms with E-state index in [2.05, 4.69) is 42.2 Å². The van der Waals surface area contributed by atoms with Crippen LogP contribution in [-0.4, -0.2) is 4.43 Å². The van der Waals surface area contributed by atoms with Crippen molar-refractivity contribution in [3.05, 3.63) is 24.3 Å². The molecule has 0 saturated heterocycles. The van der Waals surface area contributed by atoms with Crippen molar-refractivity contribution in [1.82, 2.24) is 0 Å². The van der Waals surface area contributed by atoms with Crippen molar-refractivity contribution >= 4 is 22.6 Å². The van der Waals surface area contributed by atoms with Gasteiger partial charge in [0.25, 0.3) is 0 Å². The fourth-order valence-electron chi connectivity index (χ4n) is 0.733. The molecule has 10 heavy (non-hydrogen) atoms. The van der Waals surface area contributed by atoms with Crippen LogP contribution in [0.5, 0.6) is 0 Å². The molecule has 0 N–H and O–H groups in total. The minimum atomic E-state index is 1.11. The van der Waals surface area contributed by atoms with E-state index in [1.807, 2.05) is 6.08 Å². The lowest BCUT2D eigenvalue weighted by Gasteiger charge is -1.95. The molecule has 0 spiro atoms. The SMILES string of the molecule is C=CCC/C(C)=C/CCI. The van der Waals surface area contributed by atoms with Crippen LogP contribution < -0.4 is 0 Å². The number of hydrogen-bond donors (Lipinski definition) is 0. The second-order valence-corrected chi connectivity index (χ2v) is 3.43. The maximum atomic E-state index is 3.68. The standard InChI is InChI=1S/C9H15I/c1-3-4-6-9(2)7-5-8-10/h3,7H,1,4-6,8H2,2H3/b9-7+. The normalized spacial score (nSPS) is 11.6. The maximum Gasteiger partial charge on any atom is 0.00300 e. The molecule has 0 atom stereocenters. The molecule has 0 amide bonds. The van der Waals surface area contributed by atoms with Gasteiger partial charge in [-0.05, 0) is 26.2 Å². The van der Waals surface area contributed by atoms with Crippen molar-refractivity contribution in [3.63, 3.8) is 0 Å². The number of allylic oxidation sites excluding steroid dienone is 3. The van der Waals surface area contributed by atoms with Gasteiger partial charge in [-0.15, -0.1) is 6.58 Å². The van der Waals surface area contributed by atoms with Crippen molar-refractivity contribution in [1.29, 1.82) is 0 Å². The van der Waals surface area contributed by atoms with E-state index in [4.69, 9.17) is 0 Å². The molecule has 0 radical (unpaired) electrons. The van der Waals surface area contributed by atoms with E-state index < -0.39 is 0 Å². The number of alkyl halides is 1. The van der Waals surface area contributed by atoms with Crippen LogP contribution in [0.3, 0.4) is 0 Å². The highest BCUT2D eigenvalue weighted by molar-refractivity contribution is 14.1. The Labute approximate surface area is 77.5 Å². The zero-order valence-corrected chi connectivity index (χ0v) is 8.73. The van der Waals surface area contributed by atoms with Crippen LogP contribution >= 0.6 is 22.6 Å². The Morgan fingerprint density at radius 3 is 2.70 bits per heavy atom. The lowest BCUT2D eigenvalue weighted by Crippen LogP contribution is -1.76. The Bertz CT molecular complexity index is 114. The Hall–Kier alpha value is 0.210. The quantitative estimate of drug-likeness (QED) is 0.396. The molecule has 0 rings (SSSR count). The highest BCUT2D eigenvalue weighted by atomic mass is 127. The fraction of sp³-hybridized carbons (Fsp3) is 0.556. The molecule has 0 aliphatic heterocycles. The van der Waals surface area contributed by atoms with Crippen LogP contribution in [0.25, 0.3) is 0 Å². The Morgan fingerprint density at radius 2 is 2.20 bits per heavy atom. The lowest BCUT2D eigenvalue weighted by molar-refractivity contribution is 0.966. The van der Waals surface area contributed by atoms with Crippen molar-refractivity contribution in [2.24, 2.45) is 0 Å². The first-order valence-corrected chi connectivity index (χ1v) is 5.16. The minimum Gasteiger partial charge on any atom is -0.103 e. The second-order valence-electron chi connectivity index (χ2n) is 2.36. The van der Waals surface area contributed by atoms with E-state index in [1.165, 1.54) is 22.8 Å². The van der Waals surface area contributed by atoms with Crippen LogP contribution in [0, 0.1) is 0 Å². The molecule has 0 saturated carbocycles. The van der Waals surface area contributed by atoms with E-state index in [0.29, 0.717) is 0 Å². The van der Waals surface area contributed by atoms with Gasteiger partial charge in [-0.25, -0.2) is 0 Å². The minimum absolute atomic E-state index is 1.11. The topological polar surface area (TPSA) is 0 Å². The second kappa shape index (κ2) is 7.32.